The maximum atomic E-state index is 4.95. The third-order valence-corrected chi connectivity index (χ3v) is 6.75. The number of aromatic nitrogens is 3. The summed E-state index contributed by atoms with van der Waals surface area (Å²) in [7, 11) is 0. The summed E-state index contributed by atoms with van der Waals surface area (Å²) in [5.74, 6) is 2.81. The number of guanidine groups is 1. The number of likely N-dealkylation sites (tertiary alicyclic amines) is 1. The molecular weight excluding hydrogens is 495 g/mol. The molecule has 0 unspecified atom stereocenters. The predicted molar refractivity (Wildman–Crippen MR) is 133 cm³/mol. The van der Waals surface area contributed by atoms with Crippen LogP contribution in [0.15, 0.2) is 10.1 Å². The van der Waals surface area contributed by atoms with Gasteiger partial charge in [-0.15, -0.1) is 34.2 Å². The first kappa shape index (κ1) is 24.8. The number of hydrogen-bond donors (Lipinski definition) is 1. The molecule has 0 amide bonds. The number of nitrogens with zero attached hydrogens (tertiary/aromatic N) is 5. The highest BCUT2D eigenvalue weighted by Gasteiger charge is 2.41. The Kier molecular flexibility index (Phi) is 10.0. The van der Waals surface area contributed by atoms with Gasteiger partial charge in [-0.25, -0.2) is 0 Å². The fraction of sp³-hybridized carbons (Fsp3) is 0.857. The molecule has 1 spiro atoms. The maximum absolute atomic E-state index is 4.95. The summed E-state index contributed by atoms with van der Waals surface area (Å²) >= 11 is 1.68. The van der Waals surface area contributed by atoms with E-state index in [0.717, 1.165) is 56.0 Å². The number of aryl methyl sites for hydroxylation is 1. The molecule has 8 heteroatoms. The van der Waals surface area contributed by atoms with Gasteiger partial charge in [-0.2, -0.15) is 0 Å². The van der Waals surface area contributed by atoms with Gasteiger partial charge >= 0.3 is 0 Å². The molecule has 166 valence electrons. The fourth-order valence-corrected chi connectivity index (χ4v) is 5.22. The van der Waals surface area contributed by atoms with E-state index in [4.69, 9.17) is 4.99 Å². The normalized spacial score (nSPS) is 18.7. The van der Waals surface area contributed by atoms with Crippen LogP contribution in [0.1, 0.15) is 65.1 Å². The van der Waals surface area contributed by atoms with Crippen LogP contribution in [0.4, 0.5) is 0 Å². The van der Waals surface area contributed by atoms with Gasteiger partial charge in [0, 0.05) is 39.1 Å². The Morgan fingerprint density at radius 2 is 2.00 bits per heavy atom. The zero-order valence-electron chi connectivity index (χ0n) is 18.6. The molecule has 1 saturated carbocycles. The molecule has 0 aromatic carbocycles. The lowest BCUT2D eigenvalue weighted by Gasteiger charge is -2.26. The molecule has 1 aliphatic heterocycles. The molecule has 1 aromatic heterocycles. The highest BCUT2D eigenvalue weighted by Crippen LogP contribution is 2.45. The quantitative estimate of drug-likeness (QED) is 0.176. The van der Waals surface area contributed by atoms with Crippen LogP contribution in [0.5, 0.6) is 0 Å². The Labute approximate surface area is 198 Å². The second-order valence-corrected chi connectivity index (χ2v) is 9.60. The molecule has 3 rings (SSSR count). The SMILES string of the molecule is CCNC(=NCCCc1nnc(SC)n1CC(C)C)N1CCC2(CCCC2)C1.I. The van der Waals surface area contributed by atoms with Gasteiger partial charge in [-0.3, -0.25) is 4.99 Å². The second kappa shape index (κ2) is 11.8. The average molecular weight is 535 g/mol. The summed E-state index contributed by atoms with van der Waals surface area (Å²) in [6.07, 6.45) is 11.0. The summed E-state index contributed by atoms with van der Waals surface area (Å²) in [4.78, 5) is 7.45. The van der Waals surface area contributed by atoms with Gasteiger partial charge in [0.25, 0.3) is 0 Å². The molecule has 2 heterocycles. The standard InChI is InChI=1S/C21H38N6S.HI/c1-5-22-19(26-14-12-21(16-26)10-6-7-11-21)23-13-8-9-18-24-25-20(28-4)27(18)15-17(2)3;/h17H,5-16H2,1-4H3,(H,22,23);1H. The van der Waals surface area contributed by atoms with Crippen molar-refractivity contribution in [2.45, 2.75) is 77.4 Å². The van der Waals surface area contributed by atoms with E-state index in [9.17, 15) is 0 Å². The molecule has 6 nitrogen and oxygen atoms in total. The Morgan fingerprint density at radius 1 is 1.24 bits per heavy atom. The van der Waals surface area contributed by atoms with Crippen molar-refractivity contribution >= 4 is 41.7 Å². The minimum Gasteiger partial charge on any atom is -0.357 e. The summed E-state index contributed by atoms with van der Waals surface area (Å²) in [5, 5.41) is 13.3. The van der Waals surface area contributed by atoms with E-state index in [2.05, 4.69) is 52.0 Å². The largest absolute Gasteiger partial charge is 0.357 e. The lowest BCUT2D eigenvalue weighted by Crippen LogP contribution is -2.41. The summed E-state index contributed by atoms with van der Waals surface area (Å²) < 4.78 is 2.29. The summed E-state index contributed by atoms with van der Waals surface area (Å²) in [6.45, 7) is 11.8. The van der Waals surface area contributed by atoms with Crippen molar-refractivity contribution in [1.82, 2.24) is 25.0 Å². The molecule has 29 heavy (non-hydrogen) atoms. The molecule has 2 aliphatic rings. The van der Waals surface area contributed by atoms with Crippen molar-refractivity contribution in [3.8, 4) is 0 Å². The Morgan fingerprint density at radius 3 is 2.66 bits per heavy atom. The third kappa shape index (κ3) is 6.48. The van der Waals surface area contributed by atoms with Gasteiger partial charge in [0.05, 0.1) is 0 Å². The first-order valence-corrected chi connectivity index (χ1v) is 12.3. The van der Waals surface area contributed by atoms with Crippen molar-refractivity contribution in [3.63, 3.8) is 0 Å². The van der Waals surface area contributed by atoms with E-state index in [1.54, 1.807) is 11.8 Å². The predicted octanol–water partition coefficient (Wildman–Crippen LogP) is 4.44. The van der Waals surface area contributed by atoms with E-state index in [-0.39, 0.29) is 24.0 Å². The highest BCUT2D eigenvalue weighted by molar-refractivity contribution is 14.0. The number of hydrogen-bond acceptors (Lipinski definition) is 4. The van der Waals surface area contributed by atoms with Gasteiger partial charge in [-0.05, 0) is 50.2 Å². The second-order valence-electron chi connectivity index (χ2n) is 8.83. The third-order valence-electron chi connectivity index (χ3n) is 6.08. The first-order chi connectivity index (χ1) is 13.6. The first-order valence-electron chi connectivity index (χ1n) is 11.1. The van der Waals surface area contributed by atoms with Crippen LogP contribution in [-0.2, 0) is 13.0 Å². The Bertz CT molecular complexity index is 654. The van der Waals surface area contributed by atoms with Crippen molar-refractivity contribution in [2.24, 2.45) is 16.3 Å². The molecule has 0 radical (unpaired) electrons. The molecule has 1 aromatic rings. The number of halogens is 1. The van der Waals surface area contributed by atoms with E-state index in [1.165, 1.54) is 38.6 Å². The summed E-state index contributed by atoms with van der Waals surface area (Å²) in [6, 6.07) is 0. The topological polar surface area (TPSA) is 58.3 Å². The van der Waals surface area contributed by atoms with Gasteiger partial charge < -0.3 is 14.8 Å². The molecule has 2 fully saturated rings. The smallest absolute Gasteiger partial charge is 0.193 e. The minimum absolute atomic E-state index is 0. The van der Waals surface area contributed by atoms with Gasteiger partial charge in [0.15, 0.2) is 11.1 Å². The van der Waals surface area contributed by atoms with E-state index in [1.807, 2.05) is 0 Å². The molecule has 0 bridgehead atoms. The molecule has 1 saturated heterocycles. The van der Waals surface area contributed by atoms with Crippen LogP contribution in [0.25, 0.3) is 0 Å². The van der Waals surface area contributed by atoms with Crippen LogP contribution in [-0.4, -0.2) is 58.1 Å². The lowest BCUT2D eigenvalue weighted by atomic mass is 9.86. The maximum Gasteiger partial charge on any atom is 0.193 e. The highest BCUT2D eigenvalue weighted by atomic mass is 127. The lowest BCUT2D eigenvalue weighted by molar-refractivity contribution is 0.309. The fourth-order valence-electron chi connectivity index (χ4n) is 4.70. The number of aliphatic imine (C=N–C) groups is 1. The van der Waals surface area contributed by atoms with E-state index in [0.29, 0.717) is 11.3 Å². The van der Waals surface area contributed by atoms with E-state index < -0.39 is 0 Å². The number of thioether (sulfide) groups is 1. The number of rotatable bonds is 8. The molecule has 1 aliphatic carbocycles. The van der Waals surface area contributed by atoms with E-state index >= 15 is 0 Å². The average Bonchev–Trinajstić information content (AvgIpc) is 3.39. The van der Waals surface area contributed by atoms with Crippen molar-refractivity contribution in [1.29, 1.82) is 0 Å². The minimum atomic E-state index is 0. The van der Waals surface area contributed by atoms with Crippen LogP contribution >= 0.6 is 35.7 Å². The van der Waals surface area contributed by atoms with Crippen LogP contribution in [0.2, 0.25) is 0 Å². The zero-order chi connectivity index (χ0) is 20.0. The summed E-state index contributed by atoms with van der Waals surface area (Å²) in [5.41, 5.74) is 0.581. The van der Waals surface area contributed by atoms with Gasteiger partial charge in [0.2, 0.25) is 0 Å². The Hall–Kier alpha value is -0.510. The van der Waals surface area contributed by atoms with Crippen LogP contribution in [0, 0.1) is 11.3 Å². The molecule has 0 atom stereocenters. The number of nitrogens with one attached hydrogen (secondary N) is 1. The zero-order valence-corrected chi connectivity index (χ0v) is 21.8. The molecular formula is C21H39IN6S. The van der Waals surface area contributed by atoms with Gasteiger partial charge in [0.1, 0.15) is 5.82 Å². The monoisotopic (exact) mass is 534 g/mol. The van der Waals surface area contributed by atoms with Crippen molar-refractivity contribution < 1.29 is 0 Å². The van der Waals surface area contributed by atoms with Crippen LogP contribution < -0.4 is 5.32 Å². The van der Waals surface area contributed by atoms with Gasteiger partial charge in [-0.1, -0.05) is 38.5 Å². The van der Waals surface area contributed by atoms with Crippen molar-refractivity contribution in [2.75, 3.05) is 32.4 Å². The van der Waals surface area contributed by atoms with Crippen LogP contribution in [0.3, 0.4) is 0 Å². The van der Waals surface area contributed by atoms with Crippen molar-refractivity contribution in [3.05, 3.63) is 5.82 Å². The molecule has 1 N–H and O–H groups in total. The Balaban J connectivity index is 0.00000300.